The molecule has 0 N–H and O–H groups in total. The molecule has 4 aromatic rings. The standard InChI is InChI=1S/C28H33N2/c1-18(2)22-11-10-12-23(19(3)4)27(22)30-26-14-9-8-13-25(26)29(7)28(30)24-17-20(5)15-16-21(24)6/h8-19H,1-7H3/q+1/i5D3,18D,19D. The van der Waals surface area contributed by atoms with Gasteiger partial charge in [0.2, 0.25) is 0 Å². The first kappa shape index (κ1) is 15.0. The van der Waals surface area contributed by atoms with E-state index in [0.29, 0.717) is 0 Å². The van der Waals surface area contributed by atoms with Crippen LogP contribution in [0.2, 0.25) is 0 Å². The monoisotopic (exact) mass is 402 g/mol. The van der Waals surface area contributed by atoms with Gasteiger partial charge in [0.25, 0.3) is 5.82 Å². The van der Waals surface area contributed by atoms with Crippen LogP contribution in [0.1, 0.15) is 68.6 Å². The molecular weight excluding hydrogens is 364 g/mol. The zero-order valence-corrected chi connectivity index (χ0v) is 18.7. The number of para-hydroxylation sites is 3. The van der Waals surface area contributed by atoms with Gasteiger partial charge in [0, 0.05) is 18.0 Å². The van der Waals surface area contributed by atoms with Gasteiger partial charge in [-0.1, -0.05) is 75.7 Å². The van der Waals surface area contributed by atoms with Crippen molar-refractivity contribution >= 4 is 11.0 Å². The van der Waals surface area contributed by atoms with E-state index in [1.807, 2.05) is 90.2 Å². The second-order valence-corrected chi connectivity index (χ2v) is 8.44. The van der Waals surface area contributed by atoms with Gasteiger partial charge in [-0.25, -0.2) is 4.57 Å². The van der Waals surface area contributed by atoms with Crippen LogP contribution in [0, 0.1) is 13.8 Å². The Balaban J connectivity index is 2.25. The Kier molecular flexibility index (Phi) is 3.88. The molecule has 1 aromatic heterocycles. The lowest BCUT2D eigenvalue weighted by molar-refractivity contribution is -0.633. The third kappa shape index (κ3) is 3.25. The van der Waals surface area contributed by atoms with E-state index in [9.17, 15) is 0 Å². The second kappa shape index (κ2) is 7.75. The zero-order valence-electron chi connectivity index (χ0n) is 23.7. The second-order valence-electron chi connectivity index (χ2n) is 8.44. The summed E-state index contributed by atoms with van der Waals surface area (Å²) in [6, 6.07) is 19.2. The highest BCUT2D eigenvalue weighted by Crippen LogP contribution is 2.37. The van der Waals surface area contributed by atoms with Crippen LogP contribution < -0.4 is 4.57 Å². The molecule has 0 saturated carbocycles. The van der Waals surface area contributed by atoms with E-state index in [1.54, 1.807) is 12.1 Å². The van der Waals surface area contributed by atoms with Gasteiger partial charge >= 0.3 is 0 Å². The molecule has 30 heavy (non-hydrogen) atoms. The van der Waals surface area contributed by atoms with Crippen molar-refractivity contribution in [2.75, 3.05) is 0 Å². The molecule has 0 aliphatic heterocycles. The molecule has 0 unspecified atom stereocenters. The SMILES string of the molecule is [2H]C([2H])([2H])c1ccc(C)c(-c2n(-c3c(C([2H])(C)C)cccc3C([2H])(C)C)c3ccccc3[n+]2C)c1. The predicted octanol–water partition coefficient (Wildman–Crippen LogP) is 6.99. The molecule has 0 atom stereocenters. The van der Waals surface area contributed by atoms with Crippen LogP contribution in [0.3, 0.4) is 0 Å². The summed E-state index contributed by atoms with van der Waals surface area (Å²) in [6.45, 7) is 7.19. The van der Waals surface area contributed by atoms with Gasteiger partial charge in [-0.3, -0.25) is 0 Å². The summed E-state index contributed by atoms with van der Waals surface area (Å²) in [4.78, 5) is 0. The van der Waals surface area contributed by atoms with E-state index in [2.05, 4.69) is 9.13 Å². The number of aryl methyl sites for hydroxylation is 3. The lowest BCUT2D eigenvalue weighted by Crippen LogP contribution is -2.30. The van der Waals surface area contributed by atoms with E-state index in [1.165, 1.54) is 0 Å². The molecule has 3 aromatic carbocycles. The number of hydrogen-bond donors (Lipinski definition) is 0. The largest absolute Gasteiger partial charge is 0.295 e. The maximum absolute atomic E-state index is 8.96. The number of hydrogen-bond acceptors (Lipinski definition) is 0. The number of imidazole rings is 1. The van der Waals surface area contributed by atoms with Crippen LogP contribution in [-0.4, -0.2) is 4.57 Å². The van der Waals surface area contributed by atoms with Crippen LogP contribution in [0.15, 0.2) is 60.7 Å². The summed E-state index contributed by atoms with van der Waals surface area (Å²) in [5, 5.41) is 0. The molecule has 0 spiro atoms. The average molecular weight is 403 g/mol. The first-order chi connectivity index (χ1) is 16.1. The normalized spacial score (nSPS) is 15.3. The van der Waals surface area contributed by atoms with Gasteiger partial charge in [0.05, 0.1) is 12.6 Å². The maximum Gasteiger partial charge on any atom is 0.295 e. The number of aromatic nitrogens is 2. The number of benzene rings is 3. The highest BCUT2D eigenvalue weighted by atomic mass is 15.2. The molecule has 154 valence electrons. The molecule has 0 bridgehead atoms. The summed E-state index contributed by atoms with van der Waals surface area (Å²) in [6.07, 6.45) is 0. The van der Waals surface area contributed by atoms with Crippen molar-refractivity contribution in [3.05, 3.63) is 82.9 Å². The van der Waals surface area contributed by atoms with Gasteiger partial charge in [-0.2, -0.15) is 4.57 Å². The minimum Gasteiger partial charge on any atom is -0.225 e. The molecule has 2 nitrogen and oxygen atoms in total. The smallest absolute Gasteiger partial charge is 0.225 e. The van der Waals surface area contributed by atoms with Crippen molar-refractivity contribution in [3.8, 4) is 17.1 Å². The lowest BCUT2D eigenvalue weighted by atomic mass is 9.92. The van der Waals surface area contributed by atoms with E-state index in [-0.39, 0.29) is 5.56 Å². The van der Waals surface area contributed by atoms with Crippen molar-refractivity contribution in [2.24, 2.45) is 7.05 Å². The highest BCUT2D eigenvalue weighted by Gasteiger charge is 2.30. The Morgan fingerprint density at radius 1 is 0.900 bits per heavy atom. The highest BCUT2D eigenvalue weighted by molar-refractivity contribution is 5.81. The number of fused-ring (bicyclic) bond motifs is 1. The average Bonchev–Trinajstić information content (AvgIpc) is 3.04. The number of nitrogens with zero attached hydrogens (tertiary/aromatic N) is 2. The third-order valence-electron chi connectivity index (χ3n) is 5.83. The quantitative estimate of drug-likeness (QED) is 0.325. The van der Waals surface area contributed by atoms with Crippen molar-refractivity contribution < 1.29 is 11.4 Å². The minimum absolute atomic E-state index is 0.282. The van der Waals surface area contributed by atoms with Gasteiger partial charge in [0.15, 0.2) is 11.0 Å². The number of rotatable bonds is 4. The Morgan fingerprint density at radius 3 is 2.20 bits per heavy atom. The van der Waals surface area contributed by atoms with E-state index >= 15 is 0 Å². The van der Waals surface area contributed by atoms with Gasteiger partial charge in [-0.05, 0) is 49.3 Å². The molecule has 0 radical (unpaired) electrons. The Labute approximate surface area is 187 Å². The fourth-order valence-electron chi connectivity index (χ4n) is 4.30. The fourth-order valence-corrected chi connectivity index (χ4v) is 4.30. The van der Waals surface area contributed by atoms with Crippen LogP contribution in [-0.2, 0) is 7.05 Å². The molecule has 0 aliphatic carbocycles. The van der Waals surface area contributed by atoms with Crippen molar-refractivity contribution in [1.29, 1.82) is 0 Å². The fraction of sp³-hybridized carbons (Fsp3) is 0.321. The summed E-state index contributed by atoms with van der Waals surface area (Å²) in [7, 11) is 1.98. The van der Waals surface area contributed by atoms with Gasteiger partial charge in [0.1, 0.15) is 5.69 Å². The van der Waals surface area contributed by atoms with Gasteiger partial charge < -0.3 is 0 Å². The van der Waals surface area contributed by atoms with Crippen LogP contribution in [0.4, 0.5) is 0 Å². The van der Waals surface area contributed by atoms with Crippen LogP contribution >= 0.6 is 0 Å². The maximum atomic E-state index is 8.96. The van der Waals surface area contributed by atoms with Crippen LogP contribution in [0.25, 0.3) is 28.1 Å². The molecule has 0 fully saturated rings. The Hall–Kier alpha value is -2.87. The first-order valence-corrected chi connectivity index (χ1v) is 10.4. The minimum atomic E-state index is -2.23. The molecule has 1 heterocycles. The van der Waals surface area contributed by atoms with Crippen molar-refractivity contribution in [1.82, 2.24) is 4.57 Å². The first-order valence-electron chi connectivity index (χ1n) is 12.9. The van der Waals surface area contributed by atoms with E-state index < -0.39 is 18.6 Å². The van der Waals surface area contributed by atoms with Gasteiger partial charge in [-0.15, -0.1) is 0 Å². The third-order valence-corrected chi connectivity index (χ3v) is 5.83. The topological polar surface area (TPSA) is 8.81 Å². The van der Waals surface area contributed by atoms with Crippen molar-refractivity contribution in [2.45, 2.75) is 53.3 Å². The molecule has 0 amide bonds. The summed E-state index contributed by atoms with van der Waals surface area (Å²) < 4.78 is 46.1. The van der Waals surface area contributed by atoms with Crippen molar-refractivity contribution in [3.63, 3.8) is 0 Å². The van der Waals surface area contributed by atoms with E-state index in [4.69, 9.17) is 6.85 Å². The zero-order chi connectivity index (χ0) is 25.9. The molecule has 2 heteroatoms. The molecule has 0 saturated heterocycles. The molecule has 4 rings (SSSR count). The Bertz CT molecular complexity index is 1380. The summed E-state index contributed by atoms with van der Waals surface area (Å²) >= 11 is 0. The van der Waals surface area contributed by atoms with E-state index in [0.717, 1.165) is 44.8 Å². The lowest BCUT2D eigenvalue weighted by Gasteiger charge is -2.18. The summed E-state index contributed by atoms with van der Waals surface area (Å²) in [5.74, 6) is -1.03. The summed E-state index contributed by atoms with van der Waals surface area (Å²) in [5.41, 5.74) is 6.38. The Morgan fingerprint density at radius 2 is 1.57 bits per heavy atom. The molecular formula is C28H33N2+. The predicted molar refractivity (Wildman–Crippen MR) is 128 cm³/mol. The van der Waals surface area contributed by atoms with Crippen LogP contribution in [0.5, 0.6) is 0 Å². The molecule has 0 aliphatic rings.